The SMILES string of the molecule is CC(C)CCOCCNc1c(F)cc(C#N)cc1F. The Labute approximate surface area is 112 Å². The monoisotopic (exact) mass is 268 g/mol. The Kier molecular flexibility index (Phi) is 6.23. The van der Waals surface area contributed by atoms with E-state index in [4.69, 9.17) is 10.00 Å². The smallest absolute Gasteiger partial charge is 0.150 e. The van der Waals surface area contributed by atoms with Gasteiger partial charge in [-0.25, -0.2) is 8.78 Å². The van der Waals surface area contributed by atoms with Gasteiger partial charge in [-0.1, -0.05) is 13.8 Å². The lowest BCUT2D eigenvalue weighted by atomic mass is 10.1. The van der Waals surface area contributed by atoms with E-state index in [9.17, 15) is 8.78 Å². The molecule has 1 aromatic carbocycles. The van der Waals surface area contributed by atoms with E-state index >= 15 is 0 Å². The van der Waals surface area contributed by atoms with Crippen LogP contribution in [0, 0.1) is 28.9 Å². The van der Waals surface area contributed by atoms with E-state index in [1.54, 1.807) is 6.07 Å². The summed E-state index contributed by atoms with van der Waals surface area (Å²) in [5.41, 5.74) is -0.250. The van der Waals surface area contributed by atoms with E-state index in [1.807, 2.05) is 0 Å². The van der Waals surface area contributed by atoms with Crippen LogP contribution in [0.2, 0.25) is 0 Å². The van der Waals surface area contributed by atoms with Crippen molar-refractivity contribution in [1.29, 1.82) is 5.26 Å². The number of nitrogens with one attached hydrogen (secondary N) is 1. The van der Waals surface area contributed by atoms with Crippen molar-refractivity contribution in [1.82, 2.24) is 0 Å². The van der Waals surface area contributed by atoms with Crippen LogP contribution in [0.25, 0.3) is 0 Å². The number of ether oxygens (including phenoxy) is 1. The minimum absolute atomic E-state index is 0.0336. The molecule has 0 aliphatic rings. The zero-order valence-corrected chi connectivity index (χ0v) is 11.2. The molecular weight excluding hydrogens is 250 g/mol. The molecule has 0 amide bonds. The van der Waals surface area contributed by atoms with Crippen LogP contribution < -0.4 is 5.32 Å². The summed E-state index contributed by atoms with van der Waals surface area (Å²) in [6.07, 6.45) is 0.958. The molecule has 5 heteroatoms. The largest absolute Gasteiger partial charge is 0.380 e. The molecule has 0 aliphatic heterocycles. The maximum atomic E-state index is 13.5. The standard InChI is InChI=1S/C14H18F2N2O/c1-10(2)3-5-19-6-4-18-14-12(15)7-11(9-17)8-13(14)16/h7-8,10,18H,3-6H2,1-2H3. The first-order valence-corrected chi connectivity index (χ1v) is 6.25. The van der Waals surface area contributed by atoms with Crippen LogP contribution in [0.3, 0.4) is 0 Å². The molecule has 0 unspecified atom stereocenters. The first-order chi connectivity index (χ1) is 9.04. The summed E-state index contributed by atoms with van der Waals surface area (Å²) in [7, 11) is 0. The molecule has 0 spiro atoms. The molecule has 0 saturated heterocycles. The fourth-order valence-electron chi connectivity index (χ4n) is 1.48. The fourth-order valence-corrected chi connectivity index (χ4v) is 1.48. The molecule has 3 nitrogen and oxygen atoms in total. The molecule has 0 atom stereocenters. The van der Waals surface area contributed by atoms with Gasteiger partial charge in [0.2, 0.25) is 0 Å². The highest BCUT2D eigenvalue weighted by Gasteiger charge is 2.10. The number of nitriles is 1. The van der Waals surface area contributed by atoms with Crippen molar-refractivity contribution < 1.29 is 13.5 Å². The number of anilines is 1. The van der Waals surface area contributed by atoms with Crippen molar-refractivity contribution in [3.05, 3.63) is 29.3 Å². The number of hydrogen-bond donors (Lipinski definition) is 1. The second kappa shape index (κ2) is 7.70. The Morgan fingerprint density at radius 1 is 1.26 bits per heavy atom. The van der Waals surface area contributed by atoms with Crippen molar-refractivity contribution in [2.45, 2.75) is 20.3 Å². The zero-order valence-electron chi connectivity index (χ0n) is 11.2. The van der Waals surface area contributed by atoms with Gasteiger partial charge in [-0.15, -0.1) is 0 Å². The minimum Gasteiger partial charge on any atom is -0.380 e. The number of nitrogens with zero attached hydrogens (tertiary/aromatic N) is 1. The molecule has 0 aliphatic carbocycles. The molecule has 0 saturated carbocycles. The van der Waals surface area contributed by atoms with Crippen molar-refractivity contribution >= 4 is 5.69 Å². The summed E-state index contributed by atoms with van der Waals surface area (Å²) >= 11 is 0. The molecule has 0 bridgehead atoms. The van der Waals surface area contributed by atoms with E-state index in [2.05, 4.69) is 19.2 Å². The molecule has 0 fully saturated rings. The van der Waals surface area contributed by atoms with Gasteiger partial charge in [-0.2, -0.15) is 5.26 Å². The molecule has 19 heavy (non-hydrogen) atoms. The molecule has 0 heterocycles. The third-order valence-electron chi connectivity index (χ3n) is 2.56. The average Bonchev–Trinajstić information content (AvgIpc) is 2.35. The van der Waals surface area contributed by atoms with Crippen LogP contribution in [0.1, 0.15) is 25.8 Å². The first-order valence-electron chi connectivity index (χ1n) is 6.25. The highest BCUT2D eigenvalue weighted by atomic mass is 19.1. The number of benzene rings is 1. The van der Waals surface area contributed by atoms with Crippen LogP contribution in [0.4, 0.5) is 14.5 Å². The molecule has 1 rings (SSSR count). The summed E-state index contributed by atoms with van der Waals surface area (Å²) in [4.78, 5) is 0. The average molecular weight is 268 g/mol. The van der Waals surface area contributed by atoms with Gasteiger partial charge in [-0.05, 0) is 24.5 Å². The third kappa shape index (κ3) is 5.23. The van der Waals surface area contributed by atoms with Gasteiger partial charge in [0.15, 0.2) is 11.6 Å². The topological polar surface area (TPSA) is 45.0 Å². The minimum atomic E-state index is -0.765. The molecule has 0 radical (unpaired) electrons. The Balaban J connectivity index is 2.40. The van der Waals surface area contributed by atoms with E-state index in [0.717, 1.165) is 18.6 Å². The number of rotatable bonds is 7. The summed E-state index contributed by atoms with van der Waals surface area (Å²) in [6, 6.07) is 3.71. The summed E-state index contributed by atoms with van der Waals surface area (Å²) in [5, 5.41) is 11.2. The highest BCUT2D eigenvalue weighted by Crippen LogP contribution is 2.20. The van der Waals surface area contributed by atoms with Gasteiger partial charge in [0.1, 0.15) is 5.69 Å². The van der Waals surface area contributed by atoms with E-state index < -0.39 is 11.6 Å². The predicted octanol–water partition coefficient (Wildman–Crippen LogP) is 3.31. The second-order valence-electron chi connectivity index (χ2n) is 4.65. The van der Waals surface area contributed by atoms with Gasteiger partial charge in [-0.3, -0.25) is 0 Å². The maximum absolute atomic E-state index is 13.5. The Bertz CT molecular complexity index is 432. The molecule has 0 aromatic heterocycles. The number of halogens is 2. The first kappa shape index (κ1) is 15.4. The van der Waals surface area contributed by atoms with Gasteiger partial charge < -0.3 is 10.1 Å². The van der Waals surface area contributed by atoms with Crippen LogP contribution >= 0.6 is 0 Å². The van der Waals surface area contributed by atoms with Gasteiger partial charge in [0.05, 0.1) is 18.2 Å². The van der Waals surface area contributed by atoms with Gasteiger partial charge >= 0.3 is 0 Å². The molecule has 1 aromatic rings. The molecule has 1 N–H and O–H groups in total. The van der Waals surface area contributed by atoms with Crippen LogP contribution in [0.15, 0.2) is 12.1 Å². The zero-order chi connectivity index (χ0) is 14.3. The van der Waals surface area contributed by atoms with E-state index in [1.165, 1.54) is 0 Å². The summed E-state index contributed by atoms with van der Waals surface area (Å²) < 4.78 is 32.3. The van der Waals surface area contributed by atoms with Crippen LogP contribution in [-0.2, 0) is 4.74 Å². The van der Waals surface area contributed by atoms with E-state index in [0.29, 0.717) is 25.7 Å². The lowest BCUT2D eigenvalue weighted by Gasteiger charge is -2.10. The summed E-state index contributed by atoms with van der Waals surface area (Å²) in [5.74, 6) is -0.959. The highest BCUT2D eigenvalue weighted by molar-refractivity contribution is 5.50. The Morgan fingerprint density at radius 2 is 1.89 bits per heavy atom. The maximum Gasteiger partial charge on any atom is 0.150 e. The molecule has 104 valence electrons. The Morgan fingerprint density at radius 3 is 2.42 bits per heavy atom. The predicted molar refractivity (Wildman–Crippen MR) is 69.8 cm³/mol. The van der Waals surface area contributed by atoms with Crippen molar-refractivity contribution in [2.24, 2.45) is 5.92 Å². The molecular formula is C14H18F2N2O. The van der Waals surface area contributed by atoms with E-state index in [-0.39, 0.29) is 11.3 Å². The quantitative estimate of drug-likeness (QED) is 0.772. The van der Waals surface area contributed by atoms with Crippen molar-refractivity contribution in [2.75, 3.05) is 25.1 Å². The van der Waals surface area contributed by atoms with Crippen LogP contribution in [-0.4, -0.2) is 19.8 Å². The lowest BCUT2D eigenvalue weighted by molar-refractivity contribution is 0.132. The summed E-state index contributed by atoms with van der Waals surface area (Å²) in [6.45, 7) is 5.54. The number of hydrogen-bond acceptors (Lipinski definition) is 3. The van der Waals surface area contributed by atoms with Crippen molar-refractivity contribution in [3.63, 3.8) is 0 Å². The van der Waals surface area contributed by atoms with Crippen molar-refractivity contribution in [3.8, 4) is 6.07 Å². The fraction of sp³-hybridized carbons (Fsp3) is 0.500. The van der Waals surface area contributed by atoms with Gasteiger partial charge in [0.25, 0.3) is 0 Å². The van der Waals surface area contributed by atoms with Crippen LogP contribution in [0.5, 0.6) is 0 Å². The Hall–Kier alpha value is -1.67. The normalized spacial score (nSPS) is 10.5. The third-order valence-corrected chi connectivity index (χ3v) is 2.56. The second-order valence-corrected chi connectivity index (χ2v) is 4.65. The lowest BCUT2D eigenvalue weighted by Crippen LogP contribution is -2.13. The van der Waals surface area contributed by atoms with Gasteiger partial charge in [0, 0.05) is 13.2 Å².